The van der Waals surface area contributed by atoms with Crippen LogP contribution in [0, 0.1) is 5.92 Å². The van der Waals surface area contributed by atoms with Crippen LogP contribution in [0.15, 0.2) is 90.3 Å². The molecule has 32 heteroatoms. The number of amides is 9. The second-order valence-electron chi connectivity index (χ2n) is 22.9. The number of aromatic hydroxyl groups is 3. The number of carbonyl (C=O) groups is 10. The predicted octanol–water partition coefficient (Wildman–Crippen LogP) is -1.50. The standard InChI is InChI=1S/C62H90N16O14S2/c1-34(2)26-43(64)53(83)75-48(28-37-12-18-41(80)19-13-37)57(87)71-45(9-7-24-68-62(65)66)54(84)70-35(3)52(82)74-47(27-36-10-16-40(79)17-11-36)59(89)78-51(32-93)60(90)72-44(8-5-6-23-63)55(85)76-49(29-38-14-20-42(81)21-15-38)58(88)73-46(22-25-94-4)56(86)77-50(61(91)92)30-39-31-67-33-69-39/h10-21,31,33-35,43-51,79-81,93H,5-9,22-30,32,63-64H2,1-4H3,(H,67,69)(H,70,84)(H,71,87)(H,72,90)(H,73,88)(H,74,82)(H,75,83)(H,76,85)(H,77,86)(H,78,89)(H,91,92)(H4,65,66,68). The molecule has 0 aliphatic carbocycles. The zero-order chi connectivity index (χ0) is 69.4. The lowest BCUT2D eigenvalue weighted by Gasteiger charge is -2.28. The molecule has 4 aromatic rings. The number of hydrogen-bond acceptors (Lipinski definition) is 19. The maximum Gasteiger partial charge on any atom is 0.326 e. The molecule has 0 saturated carbocycles. The van der Waals surface area contributed by atoms with Crippen LogP contribution in [0.1, 0.15) is 88.1 Å². The van der Waals surface area contributed by atoms with Crippen molar-refractivity contribution in [2.45, 2.75) is 152 Å². The quantitative estimate of drug-likeness (QED) is 0.0104. The predicted molar refractivity (Wildman–Crippen MR) is 356 cm³/mol. The van der Waals surface area contributed by atoms with Gasteiger partial charge < -0.3 is 96.2 Å². The first-order valence-corrected chi connectivity index (χ1v) is 32.6. The number of nitrogens with one attached hydrogen (secondary N) is 10. The molecule has 0 bridgehead atoms. The number of imidazole rings is 1. The first kappa shape index (κ1) is 77.3. The van der Waals surface area contributed by atoms with Gasteiger partial charge in [-0.3, -0.25) is 48.1 Å². The van der Waals surface area contributed by atoms with E-state index in [0.717, 1.165) is 0 Å². The number of aliphatic imine (C=N–C) groups is 1. The van der Waals surface area contributed by atoms with Crippen LogP contribution < -0.4 is 70.8 Å². The maximum absolute atomic E-state index is 14.5. The molecule has 22 N–H and O–H groups in total. The number of unbranched alkanes of at least 4 members (excludes halogenated alkanes) is 1. The van der Waals surface area contributed by atoms with Crippen LogP contribution in [0.2, 0.25) is 0 Å². The first-order valence-electron chi connectivity index (χ1n) is 30.6. The Kier molecular flexibility index (Phi) is 33.0. The van der Waals surface area contributed by atoms with Gasteiger partial charge >= 0.3 is 5.97 Å². The van der Waals surface area contributed by atoms with Crippen molar-refractivity contribution in [1.29, 1.82) is 0 Å². The second-order valence-corrected chi connectivity index (χ2v) is 24.2. The number of thiol groups is 1. The summed E-state index contributed by atoms with van der Waals surface area (Å²) in [6, 6.07) is 3.74. The van der Waals surface area contributed by atoms with E-state index < -0.39 is 120 Å². The Hall–Kier alpha value is -9.14. The van der Waals surface area contributed by atoms with Crippen LogP contribution in [-0.2, 0) is 73.6 Å². The van der Waals surface area contributed by atoms with Gasteiger partial charge in [-0.15, -0.1) is 0 Å². The smallest absolute Gasteiger partial charge is 0.326 e. The van der Waals surface area contributed by atoms with Gasteiger partial charge in [0.15, 0.2) is 5.96 Å². The molecule has 0 saturated heterocycles. The van der Waals surface area contributed by atoms with E-state index in [1.54, 1.807) is 18.4 Å². The van der Waals surface area contributed by atoms with Crippen molar-refractivity contribution >= 4 is 89.5 Å². The Morgan fingerprint density at radius 3 is 1.34 bits per heavy atom. The number of carboxylic acid groups (broad SMARTS) is 1. The van der Waals surface area contributed by atoms with Crippen molar-refractivity contribution < 1.29 is 68.4 Å². The van der Waals surface area contributed by atoms with E-state index in [9.17, 15) is 68.4 Å². The van der Waals surface area contributed by atoms with Gasteiger partial charge in [0.05, 0.1) is 12.4 Å². The molecule has 10 atom stereocenters. The zero-order valence-electron chi connectivity index (χ0n) is 53.0. The summed E-state index contributed by atoms with van der Waals surface area (Å²) in [5.41, 5.74) is 24.9. The van der Waals surface area contributed by atoms with Crippen LogP contribution in [0.25, 0.3) is 0 Å². The van der Waals surface area contributed by atoms with Crippen molar-refractivity contribution in [2.24, 2.45) is 33.8 Å². The summed E-state index contributed by atoms with van der Waals surface area (Å²) >= 11 is 5.72. The number of thioether (sulfide) groups is 1. The molecule has 0 fully saturated rings. The Morgan fingerprint density at radius 1 is 0.532 bits per heavy atom. The van der Waals surface area contributed by atoms with Gasteiger partial charge in [0.1, 0.15) is 71.6 Å². The van der Waals surface area contributed by atoms with Crippen molar-refractivity contribution in [3.63, 3.8) is 0 Å². The minimum Gasteiger partial charge on any atom is -0.508 e. The van der Waals surface area contributed by atoms with Crippen LogP contribution >= 0.6 is 24.4 Å². The minimum atomic E-state index is -1.50. The number of phenols is 3. The summed E-state index contributed by atoms with van der Waals surface area (Å²) in [7, 11) is 0. The van der Waals surface area contributed by atoms with Gasteiger partial charge in [-0.05, 0) is 129 Å². The molecule has 94 heavy (non-hydrogen) atoms. The number of nitrogens with two attached hydrogens (primary N) is 4. The lowest BCUT2D eigenvalue weighted by Crippen LogP contribution is -2.61. The van der Waals surface area contributed by atoms with Gasteiger partial charge in [0.2, 0.25) is 53.2 Å². The van der Waals surface area contributed by atoms with Crippen molar-refractivity contribution in [3.8, 4) is 17.2 Å². The van der Waals surface area contributed by atoms with E-state index in [1.807, 2.05) is 13.8 Å². The van der Waals surface area contributed by atoms with E-state index in [0.29, 0.717) is 41.0 Å². The third-order valence-electron chi connectivity index (χ3n) is 14.7. The zero-order valence-corrected chi connectivity index (χ0v) is 54.7. The van der Waals surface area contributed by atoms with Crippen LogP contribution in [0.3, 0.4) is 0 Å². The Morgan fingerprint density at radius 2 is 0.926 bits per heavy atom. The Labute approximate surface area is 554 Å². The molecule has 0 spiro atoms. The number of nitrogens with zero attached hydrogens (tertiary/aromatic N) is 2. The van der Waals surface area contributed by atoms with Crippen LogP contribution in [-0.4, -0.2) is 187 Å². The molecule has 3 aromatic carbocycles. The fourth-order valence-corrected chi connectivity index (χ4v) is 10.2. The summed E-state index contributed by atoms with van der Waals surface area (Å²) in [5, 5.41) is 63.6. The summed E-state index contributed by atoms with van der Waals surface area (Å²) in [5.74, 6) is -9.35. The normalized spacial score (nSPS) is 14.3. The molecule has 30 nitrogen and oxygen atoms in total. The van der Waals surface area contributed by atoms with Gasteiger partial charge in [-0.1, -0.05) is 50.2 Å². The highest BCUT2D eigenvalue weighted by Gasteiger charge is 2.36. The van der Waals surface area contributed by atoms with E-state index in [4.69, 9.17) is 22.9 Å². The molecule has 1 aromatic heterocycles. The Balaban J connectivity index is 1.58. The third-order valence-corrected chi connectivity index (χ3v) is 15.7. The summed E-state index contributed by atoms with van der Waals surface area (Å²) in [6.07, 6.45) is 4.93. The molecule has 0 aliphatic heterocycles. The molecule has 4 rings (SSSR count). The molecule has 0 aliphatic rings. The third kappa shape index (κ3) is 27.6. The lowest BCUT2D eigenvalue weighted by atomic mass is 10.0. The largest absolute Gasteiger partial charge is 0.508 e. The van der Waals surface area contributed by atoms with Crippen molar-refractivity contribution in [3.05, 3.63) is 108 Å². The highest BCUT2D eigenvalue weighted by molar-refractivity contribution is 7.98. The molecule has 9 amide bonds. The topological polar surface area (TPSA) is 505 Å². The maximum atomic E-state index is 14.5. The molecule has 10 unspecified atom stereocenters. The minimum absolute atomic E-state index is 0.0325. The SMILES string of the molecule is CSCCC(NC(=O)C(Cc1ccc(O)cc1)NC(=O)C(CCCCN)NC(=O)C(CS)NC(=O)C(Cc1ccc(O)cc1)NC(=O)C(C)NC(=O)C(CCCN=C(N)N)NC(=O)C(Cc1ccc(O)cc1)NC(=O)C(N)CC(C)C)C(=O)NC(Cc1cnc[nH]1)C(=O)O. The Bertz CT molecular complexity index is 3140. The number of phenolic OH excluding ortho intramolecular Hbond substituents is 3. The average Bonchev–Trinajstić information content (AvgIpc) is 1.11. The van der Waals surface area contributed by atoms with Gasteiger partial charge in [0.25, 0.3) is 0 Å². The fraction of sp³-hybridized carbons (Fsp3) is 0.484. The molecule has 1 heterocycles. The van der Waals surface area contributed by atoms with Crippen LogP contribution in [0.4, 0.5) is 0 Å². The number of carbonyl (C=O) groups excluding carboxylic acids is 9. The summed E-state index contributed by atoms with van der Waals surface area (Å²) < 4.78 is 0. The second kappa shape index (κ2) is 40.1. The highest BCUT2D eigenvalue weighted by atomic mass is 32.2. The van der Waals surface area contributed by atoms with E-state index in [-0.39, 0.29) is 106 Å². The number of rotatable bonds is 41. The number of aromatic amines is 1. The number of hydrogen-bond donors (Lipinski definition) is 19. The van der Waals surface area contributed by atoms with Gasteiger partial charge in [0, 0.05) is 49.9 Å². The number of aromatic nitrogens is 2. The van der Waals surface area contributed by atoms with E-state index in [2.05, 4.69) is 75.4 Å². The lowest BCUT2D eigenvalue weighted by molar-refractivity contribution is -0.142. The molecular weight excluding hydrogens is 1260 g/mol. The average molecular weight is 1350 g/mol. The summed E-state index contributed by atoms with van der Waals surface area (Å²) in [6.45, 7) is 5.31. The highest BCUT2D eigenvalue weighted by Crippen LogP contribution is 2.17. The van der Waals surface area contributed by atoms with Gasteiger partial charge in [-0.2, -0.15) is 24.4 Å². The van der Waals surface area contributed by atoms with Crippen molar-refractivity contribution in [1.82, 2.24) is 57.8 Å². The first-order chi connectivity index (χ1) is 44.7. The number of carboxylic acids is 1. The van der Waals surface area contributed by atoms with Crippen LogP contribution in [0.5, 0.6) is 17.2 Å². The number of aliphatic carboxylic acids is 1. The molecular formula is C62H90N16O14S2. The molecule has 0 radical (unpaired) electrons. The monoisotopic (exact) mass is 1350 g/mol. The van der Waals surface area contributed by atoms with E-state index in [1.165, 1.54) is 91.9 Å². The number of benzene rings is 3. The van der Waals surface area contributed by atoms with Crippen molar-refractivity contribution in [2.75, 3.05) is 30.9 Å². The summed E-state index contributed by atoms with van der Waals surface area (Å²) in [4.78, 5) is 150. The number of H-pyrrole nitrogens is 1. The number of guanidine groups is 1. The van der Waals surface area contributed by atoms with Gasteiger partial charge in [-0.25, -0.2) is 9.78 Å². The molecule has 514 valence electrons. The van der Waals surface area contributed by atoms with E-state index >= 15 is 0 Å². The fourth-order valence-electron chi connectivity index (χ4n) is 9.48.